The topological polar surface area (TPSA) is 15.3 Å². The van der Waals surface area contributed by atoms with E-state index in [-0.39, 0.29) is 11.4 Å². The Morgan fingerprint density at radius 1 is 1.43 bits per heavy atom. The lowest BCUT2D eigenvalue weighted by molar-refractivity contribution is 0.547. The fourth-order valence-corrected chi connectivity index (χ4v) is 2.02. The number of hydrogen-bond acceptors (Lipinski definition) is 2. The largest absolute Gasteiger partial charge is 0.377 e. The third-order valence-electron chi connectivity index (χ3n) is 2.48. The van der Waals surface area contributed by atoms with Crippen LogP contribution in [0.4, 0.5) is 15.8 Å². The summed E-state index contributed by atoms with van der Waals surface area (Å²) in [5, 5.41) is 3.33. The first kappa shape index (κ1) is 9.31. The van der Waals surface area contributed by atoms with Gasteiger partial charge in [-0.3, -0.25) is 0 Å². The minimum atomic E-state index is -0.192. The summed E-state index contributed by atoms with van der Waals surface area (Å²) >= 11 is 0. The molecule has 0 aromatic heterocycles. The van der Waals surface area contributed by atoms with Gasteiger partial charge >= 0.3 is 0 Å². The van der Waals surface area contributed by atoms with Gasteiger partial charge in [0.1, 0.15) is 5.82 Å². The normalized spacial score (nSPS) is 18.7. The van der Waals surface area contributed by atoms with Crippen molar-refractivity contribution in [3.05, 3.63) is 24.0 Å². The minimum Gasteiger partial charge on any atom is -0.377 e. The van der Waals surface area contributed by atoms with Crippen molar-refractivity contribution in [1.29, 1.82) is 0 Å². The van der Waals surface area contributed by atoms with Gasteiger partial charge in [0.15, 0.2) is 0 Å². The Labute approximate surface area is 83.7 Å². The number of benzene rings is 1. The van der Waals surface area contributed by atoms with Gasteiger partial charge in [0.05, 0.1) is 11.4 Å². The van der Waals surface area contributed by atoms with E-state index in [1.165, 1.54) is 6.07 Å². The van der Waals surface area contributed by atoms with Gasteiger partial charge in [-0.15, -0.1) is 0 Å². The van der Waals surface area contributed by atoms with E-state index in [1.807, 2.05) is 13.1 Å². The molecule has 0 bridgehead atoms. The fourth-order valence-electron chi connectivity index (χ4n) is 2.02. The second-order valence-electron chi connectivity index (χ2n) is 4.53. The average Bonchev–Trinajstić information content (AvgIpc) is 2.00. The number of anilines is 2. The van der Waals surface area contributed by atoms with Crippen LogP contribution in [0.15, 0.2) is 18.2 Å². The van der Waals surface area contributed by atoms with Crippen molar-refractivity contribution in [3.63, 3.8) is 0 Å². The Hall–Kier alpha value is -1.25. The van der Waals surface area contributed by atoms with E-state index in [1.54, 1.807) is 6.07 Å². The molecular formula is C11H15FN2. The quantitative estimate of drug-likeness (QED) is 0.682. The second-order valence-corrected chi connectivity index (χ2v) is 4.53. The van der Waals surface area contributed by atoms with Gasteiger partial charge in [0.2, 0.25) is 0 Å². The molecule has 76 valence electrons. The molecule has 2 nitrogen and oxygen atoms in total. The first-order valence-electron chi connectivity index (χ1n) is 4.77. The summed E-state index contributed by atoms with van der Waals surface area (Å²) in [6, 6.07) is 4.86. The first-order chi connectivity index (χ1) is 6.48. The summed E-state index contributed by atoms with van der Waals surface area (Å²) in [7, 11) is 2.03. The zero-order chi connectivity index (χ0) is 10.3. The zero-order valence-corrected chi connectivity index (χ0v) is 8.76. The van der Waals surface area contributed by atoms with Crippen LogP contribution in [0.5, 0.6) is 0 Å². The molecule has 1 aromatic rings. The number of nitrogens with zero attached hydrogens (tertiary/aromatic N) is 1. The summed E-state index contributed by atoms with van der Waals surface area (Å²) in [4.78, 5) is 2.14. The maximum absolute atomic E-state index is 13.0. The van der Waals surface area contributed by atoms with E-state index in [4.69, 9.17) is 0 Å². The van der Waals surface area contributed by atoms with Gasteiger partial charge in [-0.25, -0.2) is 4.39 Å². The number of hydrogen-bond donors (Lipinski definition) is 1. The Morgan fingerprint density at radius 2 is 2.14 bits per heavy atom. The monoisotopic (exact) mass is 194 g/mol. The second kappa shape index (κ2) is 2.87. The lowest BCUT2D eigenvalue weighted by Gasteiger charge is -2.40. The van der Waals surface area contributed by atoms with Crippen molar-refractivity contribution < 1.29 is 4.39 Å². The van der Waals surface area contributed by atoms with Crippen LogP contribution in [0.3, 0.4) is 0 Å². The van der Waals surface area contributed by atoms with Crippen LogP contribution >= 0.6 is 0 Å². The summed E-state index contributed by atoms with van der Waals surface area (Å²) in [5.41, 5.74) is 1.93. The highest BCUT2D eigenvalue weighted by molar-refractivity contribution is 5.73. The average molecular weight is 194 g/mol. The maximum Gasteiger partial charge on any atom is 0.125 e. The van der Waals surface area contributed by atoms with Crippen molar-refractivity contribution in [2.24, 2.45) is 0 Å². The van der Waals surface area contributed by atoms with Gasteiger partial charge in [-0.2, -0.15) is 0 Å². The summed E-state index contributed by atoms with van der Waals surface area (Å²) in [6.45, 7) is 5.14. The smallest absolute Gasteiger partial charge is 0.125 e. The highest BCUT2D eigenvalue weighted by atomic mass is 19.1. The number of likely N-dealkylation sites (N-methyl/N-ethyl adjacent to an activating group) is 1. The molecule has 0 saturated carbocycles. The predicted molar refractivity (Wildman–Crippen MR) is 57.4 cm³/mol. The molecule has 3 heteroatoms. The third-order valence-corrected chi connectivity index (χ3v) is 2.48. The summed E-state index contributed by atoms with van der Waals surface area (Å²) in [6.07, 6.45) is 0. The van der Waals surface area contributed by atoms with Crippen molar-refractivity contribution in [3.8, 4) is 0 Å². The molecule has 1 heterocycles. The van der Waals surface area contributed by atoms with Crippen LogP contribution in [0.2, 0.25) is 0 Å². The van der Waals surface area contributed by atoms with Gasteiger partial charge in [-0.1, -0.05) is 0 Å². The molecule has 0 saturated heterocycles. The Kier molecular flexibility index (Phi) is 1.91. The molecule has 0 spiro atoms. The minimum absolute atomic E-state index is 0.00442. The number of fused-ring (bicyclic) bond motifs is 1. The Balaban J connectivity index is 2.46. The Morgan fingerprint density at radius 3 is 2.86 bits per heavy atom. The van der Waals surface area contributed by atoms with E-state index in [2.05, 4.69) is 24.1 Å². The molecule has 0 aliphatic carbocycles. The molecule has 1 N–H and O–H groups in total. The van der Waals surface area contributed by atoms with E-state index in [0.29, 0.717) is 0 Å². The lowest BCUT2D eigenvalue weighted by atomic mass is 10.00. The summed E-state index contributed by atoms with van der Waals surface area (Å²) < 4.78 is 13.0. The lowest BCUT2D eigenvalue weighted by Crippen LogP contribution is -2.46. The van der Waals surface area contributed by atoms with Crippen molar-refractivity contribution >= 4 is 11.4 Å². The zero-order valence-electron chi connectivity index (χ0n) is 8.76. The van der Waals surface area contributed by atoms with E-state index in [0.717, 1.165) is 17.9 Å². The van der Waals surface area contributed by atoms with Crippen LogP contribution in [0, 0.1) is 5.82 Å². The third kappa shape index (κ3) is 1.54. The van der Waals surface area contributed by atoms with E-state index < -0.39 is 0 Å². The van der Waals surface area contributed by atoms with Gasteiger partial charge < -0.3 is 10.2 Å². The van der Waals surface area contributed by atoms with Crippen molar-refractivity contribution in [2.45, 2.75) is 19.4 Å². The van der Waals surface area contributed by atoms with Crippen LogP contribution in [0.25, 0.3) is 0 Å². The van der Waals surface area contributed by atoms with Crippen LogP contribution in [-0.2, 0) is 0 Å². The maximum atomic E-state index is 13.0. The standard InChI is InChI=1S/C11H15FN2/c1-11(2)7-14(3)10-5-4-8(12)6-9(10)13-11/h4-6,13H,7H2,1-3H3. The van der Waals surface area contributed by atoms with Crippen LogP contribution < -0.4 is 10.2 Å². The summed E-state index contributed by atoms with van der Waals surface area (Å²) in [5.74, 6) is -0.192. The highest BCUT2D eigenvalue weighted by Gasteiger charge is 2.27. The number of rotatable bonds is 0. The molecule has 0 radical (unpaired) electrons. The molecule has 0 amide bonds. The molecular weight excluding hydrogens is 179 g/mol. The van der Waals surface area contributed by atoms with Crippen LogP contribution in [-0.4, -0.2) is 19.1 Å². The molecule has 14 heavy (non-hydrogen) atoms. The van der Waals surface area contributed by atoms with Gasteiger partial charge in [-0.05, 0) is 32.0 Å². The van der Waals surface area contributed by atoms with Crippen molar-refractivity contribution in [1.82, 2.24) is 0 Å². The number of nitrogens with one attached hydrogen (secondary N) is 1. The van der Waals surface area contributed by atoms with E-state index in [9.17, 15) is 4.39 Å². The highest BCUT2D eigenvalue weighted by Crippen LogP contribution is 2.33. The molecule has 1 aliphatic heterocycles. The van der Waals surface area contributed by atoms with Crippen molar-refractivity contribution in [2.75, 3.05) is 23.8 Å². The van der Waals surface area contributed by atoms with Gasteiger partial charge in [0, 0.05) is 19.1 Å². The molecule has 2 rings (SSSR count). The fraction of sp³-hybridized carbons (Fsp3) is 0.455. The number of halogens is 1. The van der Waals surface area contributed by atoms with Gasteiger partial charge in [0.25, 0.3) is 0 Å². The first-order valence-corrected chi connectivity index (χ1v) is 4.77. The SMILES string of the molecule is CN1CC(C)(C)Nc2cc(F)ccc21. The van der Waals surface area contributed by atoms with Crippen LogP contribution in [0.1, 0.15) is 13.8 Å². The molecule has 0 atom stereocenters. The molecule has 1 aromatic carbocycles. The molecule has 0 fully saturated rings. The molecule has 1 aliphatic rings. The molecule has 0 unspecified atom stereocenters. The Bertz CT molecular complexity index is 360. The van der Waals surface area contributed by atoms with E-state index >= 15 is 0 Å². The predicted octanol–water partition coefficient (Wildman–Crippen LogP) is 2.47.